The van der Waals surface area contributed by atoms with E-state index in [4.69, 9.17) is 4.84 Å². The maximum atomic E-state index is 5.48. The van der Waals surface area contributed by atoms with Crippen molar-refractivity contribution in [3.8, 4) is 11.3 Å². The molecule has 2 heteroatoms. The Kier molecular flexibility index (Phi) is 1.87. The first-order valence-corrected chi connectivity index (χ1v) is 5.57. The molecule has 3 rings (SSSR count). The molecule has 0 saturated heterocycles. The van der Waals surface area contributed by atoms with Crippen LogP contribution in [0.3, 0.4) is 0 Å². The van der Waals surface area contributed by atoms with E-state index >= 15 is 0 Å². The quantitative estimate of drug-likeness (QED) is 0.606. The average Bonchev–Trinajstić information content (AvgIpc) is 2.78. The molecular weight excluding hydrogens is 198 g/mol. The van der Waals surface area contributed by atoms with Gasteiger partial charge in [-0.1, -0.05) is 24.3 Å². The standard InChI is InChI=1S/C14H15NO/c1-9-10(2)15(16-3)14-12-7-5-4-6-11(12)8-13(9)14/h4-7H,8H2,1-3H3. The lowest BCUT2D eigenvalue weighted by Crippen LogP contribution is -2.09. The summed E-state index contributed by atoms with van der Waals surface area (Å²) in [6.07, 6.45) is 1.04. The summed E-state index contributed by atoms with van der Waals surface area (Å²) >= 11 is 0. The molecule has 0 saturated carbocycles. The molecule has 1 heterocycles. The first-order valence-electron chi connectivity index (χ1n) is 5.57. The van der Waals surface area contributed by atoms with Crippen molar-refractivity contribution in [2.75, 3.05) is 7.11 Å². The fourth-order valence-corrected chi connectivity index (χ4v) is 2.65. The van der Waals surface area contributed by atoms with Crippen molar-refractivity contribution in [3.63, 3.8) is 0 Å². The molecule has 0 spiro atoms. The topological polar surface area (TPSA) is 14.2 Å². The minimum absolute atomic E-state index is 1.04. The second-order valence-electron chi connectivity index (χ2n) is 4.35. The van der Waals surface area contributed by atoms with E-state index in [0.29, 0.717) is 0 Å². The Bertz CT molecular complexity index is 566. The van der Waals surface area contributed by atoms with Crippen LogP contribution in [0.1, 0.15) is 22.4 Å². The average molecular weight is 213 g/mol. The third kappa shape index (κ3) is 1.02. The van der Waals surface area contributed by atoms with E-state index in [2.05, 4.69) is 38.1 Å². The van der Waals surface area contributed by atoms with Crippen molar-refractivity contribution < 1.29 is 4.84 Å². The van der Waals surface area contributed by atoms with Crippen LogP contribution in [0, 0.1) is 13.8 Å². The molecular formula is C14H15NO. The number of nitrogens with zero attached hydrogens (tertiary/aromatic N) is 1. The molecule has 0 amide bonds. The monoisotopic (exact) mass is 213 g/mol. The van der Waals surface area contributed by atoms with Crippen LogP contribution >= 0.6 is 0 Å². The van der Waals surface area contributed by atoms with Gasteiger partial charge in [0.05, 0.1) is 11.4 Å². The normalized spacial score (nSPS) is 12.4. The summed E-state index contributed by atoms with van der Waals surface area (Å²) in [6, 6.07) is 8.56. The molecule has 0 unspecified atom stereocenters. The second-order valence-corrected chi connectivity index (χ2v) is 4.35. The van der Waals surface area contributed by atoms with Crippen LogP contribution < -0.4 is 4.84 Å². The highest BCUT2D eigenvalue weighted by atomic mass is 16.6. The Hall–Kier alpha value is -1.70. The number of hydrogen-bond acceptors (Lipinski definition) is 1. The van der Waals surface area contributed by atoms with Gasteiger partial charge in [0.2, 0.25) is 0 Å². The summed E-state index contributed by atoms with van der Waals surface area (Å²) in [4.78, 5) is 5.48. The fraction of sp³-hybridized carbons (Fsp3) is 0.286. The largest absolute Gasteiger partial charge is 0.417 e. The molecule has 0 bridgehead atoms. The summed E-state index contributed by atoms with van der Waals surface area (Å²) in [5.41, 5.74) is 7.95. The van der Waals surface area contributed by atoms with E-state index < -0.39 is 0 Å². The number of fused-ring (bicyclic) bond motifs is 3. The van der Waals surface area contributed by atoms with Crippen LogP contribution in [-0.4, -0.2) is 11.8 Å². The van der Waals surface area contributed by atoms with E-state index in [1.54, 1.807) is 7.11 Å². The highest BCUT2D eigenvalue weighted by molar-refractivity contribution is 5.76. The molecule has 1 aliphatic carbocycles. The molecule has 0 atom stereocenters. The molecule has 0 fully saturated rings. The zero-order chi connectivity index (χ0) is 11.3. The highest BCUT2D eigenvalue weighted by Gasteiger charge is 2.27. The molecule has 2 aromatic rings. The SMILES string of the molecule is COn1c(C)c(C)c2c1-c1ccccc1C2. The third-order valence-electron chi connectivity index (χ3n) is 3.61. The lowest BCUT2D eigenvalue weighted by Gasteiger charge is -2.09. The van der Waals surface area contributed by atoms with Gasteiger partial charge in [-0.25, -0.2) is 0 Å². The summed E-state index contributed by atoms with van der Waals surface area (Å²) in [6.45, 7) is 4.29. The number of hydrogen-bond donors (Lipinski definition) is 0. The van der Waals surface area contributed by atoms with Crippen LogP contribution in [0.4, 0.5) is 0 Å². The summed E-state index contributed by atoms with van der Waals surface area (Å²) in [5.74, 6) is 0. The first-order chi connectivity index (χ1) is 7.74. The van der Waals surface area contributed by atoms with Crippen molar-refractivity contribution in [2.45, 2.75) is 20.3 Å². The van der Waals surface area contributed by atoms with Gasteiger partial charge in [0.25, 0.3) is 0 Å². The fourth-order valence-electron chi connectivity index (χ4n) is 2.65. The molecule has 16 heavy (non-hydrogen) atoms. The molecule has 0 N–H and O–H groups in total. The Labute approximate surface area is 95.4 Å². The van der Waals surface area contributed by atoms with Crippen molar-refractivity contribution in [2.24, 2.45) is 0 Å². The van der Waals surface area contributed by atoms with E-state index in [1.807, 2.05) is 4.73 Å². The van der Waals surface area contributed by atoms with E-state index in [9.17, 15) is 0 Å². The van der Waals surface area contributed by atoms with Gasteiger partial charge < -0.3 is 4.84 Å². The summed E-state index contributed by atoms with van der Waals surface area (Å²) < 4.78 is 1.95. The molecule has 0 radical (unpaired) electrons. The zero-order valence-corrected chi connectivity index (χ0v) is 9.87. The molecule has 1 aliphatic rings. The smallest absolute Gasteiger partial charge is 0.104 e. The molecule has 2 nitrogen and oxygen atoms in total. The first kappa shape index (κ1) is 9.52. The predicted molar refractivity (Wildman–Crippen MR) is 64.7 cm³/mol. The van der Waals surface area contributed by atoms with Gasteiger partial charge in [-0.3, -0.25) is 0 Å². The number of benzene rings is 1. The Morgan fingerprint density at radius 1 is 1.19 bits per heavy atom. The Morgan fingerprint density at radius 2 is 1.94 bits per heavy atom. The molecule has 0 aliphatic heterocycles. The Morgan fingerprint density at radius 3 is 2.69 bits per heavy atom. The number of aromatic nitrogens is 1. The summed E-state index contributed by atoms with van der Waals surface area (Å²) in [7, 11) is 1.73. The zero-order valence-electron chi connectivity index (χ0n) is 9.87. The maximum absolute atomic E-state index is 5.48. The van der Waals surface area contributed by atoms with E-state index in [-0.39, 0.29) is 0 Å². The van der Waals surface area contributed by atoms with Crippen molar-refractivity contribution >= 4 is 0 Å². The van der Waals surface area contributed by atoms with Gasteiger partial charge in [-0.2, -0.15) is 4.73 Å². The maximum Gasteiger partial charge on any atom is 0.104 e. The molecule has 82 valence electrons. The molecule has 1 aromatic heterocycles. The minimum Gasteiger partial charge on any atom is -0.417 e. The van der Waals surface area contributed by atoms with Gasteiger partial charge in [-0.15, -0.1) is 0 Å². The highest BCUT2D eigenvalue weighted by Crippen LogP contribution is 2.40. The van der Waals surface area contributed by atoms with Gasteiger partial charge in [0.1, 0.15) is 7.11 Å². The van der Waals surface area contributed by atoms with Gasteiger partial charge in [0.15, 0.2) is 0 Å². The van der Waals surface area contributed by atoms with Crippen molar-refractivity contribution in [1.29, 1.82) is 0 Å². The van der Waals surface area contributed by atoms with Crippen LogP contribution in [0.15, 0.2) is 24.3 Å². The van der Waals surface area contributed by atoms with Crippen molar-refractivity contribution in [3.05, 3.63) is 46.6 Å². The third-order valence-corrected chi connectivity index (χ3v) is 3.61. The van der Waals surface area contributed by atoms with Crippen LogP contribution in [0.25, 0.3) is 11.3 Å². The Balaban J connectivity index is 2.34. The van der Waals surface area contributed by atoms with Crippen LogP contribution in [0.5, 0.6) is 0 Å². The van der Waals surface area contributed by atoms with Gasteiger partial charge >= 0.3 is 0 Å². The lowest BCUT2D eigenvalue weighted by molar-refractivity contribution is 0.166. The summed E-state index contributed by atoms with van der Waals surface area (Å²) in [5, 5.41) is 0. The van der Waals surface area contributed by atoms with Crippen LogP contribution in [0.2, 0.25) is 0 Å². The van der Waals surface area contributed by atoms with E-state index in [0.717, 1.165) is 6.42 Å². The van der Waals surface area contributed by atoms with Crippen LogP contribution in [-0.2, 0) is 6.42 Å². The predicted octanol–water partition coefficient (Wildman–Crippen LogP) is 2.73. The van der Waals surface area contributed by atoms with Gasteiger partial charge in [0, 0.05) is 12.0 Å². The van der Waals surface area contributed by atoms with Crippen molar-refractivity contribution in [1.82, 2.24) is 4.73 Å². The van der Waals surface area contributed by atoms with E-state index in [1.165, 1.54) is 33.6 Å². The second kappa shape index (κ2) is 3.14. The number of rotatable bonds is 1. The lowest BCUT2D eigenvalue weighted by atomic mass is 10.1. The minimum atomic E-state index is 1.04. The van der Waals surface area contributed by atoms with Gasteiger partial charge in [-0.05, 0) is 30.5 Å². The molecule has 1 aromatic carbocycles.